The van der Waals surface area contributed by atoms with Gasteiger partial charge in [-0.3, -0.25) is 4.99 Å². The Morgan fingerprint density at radius 1 is 1.89 bits per heavy atom. The number of halogens is 1. The average Bonchev–Trinajstić information content (AvgIpc) is 1.80. The van der Waals surface area contributed by atoms with Gasteiger partial charge in [0.2, 0.25) is 0 Å². The van der Waals surface area contributed by atoms with E-state index in [4.69, 9.17) is 5.73 Å². The van der Waals surface area contributed by atoms with Gasteiger partial charge in [0.15, 0.2) is 5.17 Å². The molecule has 2 nitrogen and oxygen atoms in total. The lowest BCUT2D eigenvalue weighted by Gasteiger charge is -2.17. The van der Waals surface area contributed by atoms with Crippen molar-refractivity contribution in [2.24, 2.45) is 10.7 Å². The third-order valence-electron chi connectivity index (χ3n) is 1.24. The molecule has 1 aliphatic rings. The summed E-state index contributed by atoms with van der Waals surface area (Å²) in [7, 11) is 0. The minimum Gasteiger partial charge on any atom is -0.379 e. The first-order chi connectivity index (χ1) is 4.20. The topological polar surface area (TPSA) is 38.4 Å². The first-order valence-corrected chi connectivity index (χ1v) is 3.79. The van der Waals surface area contributed by atoms with E-state index in [1.165, 1.54) is 11.8 Å². The highest BCUT2D eigenvalue weighted by atomic mass is 32.2. The Morgan fingerprint density at radius 3 is 3.00 bits per heavy atom. The second-order valence-electron chi connectivity index (χ2n) is 2.03. The number of alkyl halides is 1. The van der Waals surface area contributed by atoms with Crippen molar-refractivity contribution >= 4 is 16.9 Å². The van der Waals surface area contributed by atoms with Crippen molar-refractivity contribution in [1.29, 1.82) is 0 Å². The molecule has 0 amide bonds. The molecule has 0 saturated heterocycles. The molecule has 9 heavy (non-hydrogen) atoms. The average molecular weight is 148 g/mol. The first-order valence-electron chi connectivity index (χ1n) is 2.80. The van der Waals surface area contributed by atoms with Gasteiger partial charge in [-0.1, -0.05) is 11.8 Å². The molecule has 4 heteroatoms. The third kappa shape index (κ3) is 1.58. The summed E-state index contributed by atoms with van der Waals surface area (Å²) in [5.74, 6) is 0.455. The van der Waals surface area contributed by atoms with Crippen LogP contribution in [-0.4, -0.2) is 23.1 Å². The molecule has 0 spiro atoms. The van der Waals surface area contributed by atoms with Crippen LogP contribution < -0.4 is 5.73 Å². The standard InChI is InChI=1S/C5H9FN2S/c1-3-4(6)2-9-5(7)8-3/h3-4H,2H2,1H3,(H2,7,8)/t3-,4+/m0/s1. The molecule has 0 aliphatic carbocycles. The molecule has 0 bridgehead atoms. The summed E-state index contributed by atoms with van der Waals surface area (Å²) in [6.07, 6.45) is -0.817. The quantitative estimate of drug-likeness (QED) is 0.551. The van der Waals surface area contributed by atoms with E-state index in [0.717, 1.165) is 0 Å². The number of hydrogen-bond donors (Lipinski definition) is 1. The zero-order valence-electron chi connectivity index (χ0n) is 5.17. The molecule has 0 unspecified atom stereocenters. The smallest absolute Gasteiger partial charge is 0.154 e. The number of rotatable bonds is 0. The molecule has 1 rings (SSSR count). The summed E-state index contributed by atoms with van der Waals surface area (Å²) in [6, 6.07) is -0.244. The molecule has 0 saturated carbocycles. The van der Waals surface area contributed by atoms with E-state index in [-0.39, 0.29) is 6.04 Å². The Hall–Kier alpha value is -0.250. The summed E-state index contributed by atoms with van der Waals surface area (Å²) < 4.78 is 12.6. The van der Waals surface area contributed by atoms with Gasteiger partial charge in [0, 0.05) is 5.75 Å². The van der Waals surface area contributed by atoms with Crippen LogP contribution in [0, 0.1) is 0 Å². The second-order valence-corrected chi connectivity index (χ2v) is 3.08. The van der Waals surface area contributed by atoms with Gasteiger partial charge >= 0.3 is 0 Å². The van der Waals surface area contributed by atoms with Crippen molar-refractivity contribution in [1.82, 2.24) is 0 Å². The highest BCUT2D eigenvalue weighted by Crippen LogP contribution is 2.17. The molecule has 0 aromatic rings. The van der Waals surface area contributed by atoms with Crippen LogP contribution in [0.2, 0.25) is 0 Å². The van der Waals surface area contributed by atoms with Gasteiger partial charge in [0.25, 0.3) is 0 Å². The van der Waals surface area contributed by atoms with Crippen LogP contribution in [0.3, 0.4) is 0 Å². The zero-order valence-corrected chi connectivity index (χ0v) is 5.99. The Morgan fingerprint density at radius 2 is 2.56 bits per heavy atom. The lowest BCUT2D eigenvalue weighted by atomic mass is 10.2. The maximum absolute atomic E-state index is 12.6. The molecule has 52 valence electrons. The zero-order chi connectivity index (χ0) is 6.85. The minimum atomic E-state index is -0.817. The molecule has 0 aromatic heterocycles. The molecular weight excluding hydrogens is 139 g/mol. The fourth-order valence-electron chi connectivity index (χ4n) is 0.623. The number of nitrogens with zero attached hydrogens (tertiary/aromatic N) is 1. The van der Waals surface area contributed by atoms with Gasteiger partial charge < -0.3 is 5.73 Å². The van der Waals surface area contributed by atoms with E-state index in [9.17, 15) is 4.39 Å². The number of aliphatic imine (C=N–C) groups is 1. The number of hydrogen-bond acceptors (Lipinski definition) is 3. The third-order valence-corrected chi connectivity index (χ3v) is 2.13. The van der Waals surface area contributed by atoms with Gasteiger partial charge in [0.1, 0.15) is 6.17 Å². The van der Waals surface area contributed by atoms with Crippen molar-refractivity contribution < 1.29 is 4.39 Å². The summed E-state index contributed by atoms with van der Waals surface area (Å²) in [6.45, 7) is 1.73. The van der Waals surface area contributed by atoms with Gasteiger partial charge in [-0.15, -0.1) is 0 Å². The van der Waals surface area contributed by atoms with Gasteiger partial charge in [0.05, 0.1) is 6.04 Å². The molecule has 0 radical (unpaired) electrons. The second kappa shape index (κ2) is 2.56. The highest BCUT2D eigenvalue weighted by Gasteiger charge is 2.20. The molecule has 2 N–H and O–H groups in total. The van der Waals surface area contributed by atoms with Crippen LogP contribution in [0.15, 0.2) is 4.99 Å². The lowest BCUT2D eigenvalue weighted by molar-refractivity contribution is 0.323. The number of thioether (sulfide) groups is 1. The van der Waals surface area contributed by atoms with Crippen LogP contribution in [0.4, 0.5) is 4.39 Å². The fourth-order valence-corrected chi connectivity index (χ4v) is 1.47. The maximum atomic E-state index is 12.6. The van der Waals surface area contributed by atoms with Crippen LogP contribution in [0.25, 0.3) is 0 Å². The molecule has 1 heterocycles. The largest absolute Gasteiger partial charge is 0.379 e. The predicted molar refractivity (Wildman–Crippen MR) is 38.4 cm³/mol. The molecule has 1 aliphatic heterocycles. The molecular formula is C5H9FN2S. The summed E-state index contributed by atoms with van der Waals surface area (Å²) >= 11 is 1.28. The normalized spacial score (nSPS) is 36.0. The Kier molecular flexibility index (Phi) is 1.95. The van der Waals surface area contributed by atoms with Crippen LogP contribution >= 0.6 is 11.8 Å². The van der Waals surface area contributed by atoms with Crippen molar-refractivity contribution in [3.63, 3.8) is 0 Å². The van der Waals surface area contributed by atoms with Crippen molar-refractivity contribution in [2.75, 3.05) is 5.75 Å². The molecule has 2 atom stereocenters. The van der Waals surface area contributed by atoms with Gasteiger partial charge in [-0.25, -0.2) is 4.39 Å². The number of amidine groups is 1. The Bertz CT molecular complexity index is 137. The van der Waals surface area contributed by atoms with Crippen LogP contribution in [0.5, 0.6) is 0 Å². The lowest BCUT2D eigenvalue weighted by Crippen LogP contribution is -2.28. The summed E-state index contributed by atoms with van der Waals surface area (Å²) in [4.78, 5) is 3.85. The van der Waals surface area contributed by atoms with E-state index < -0.39 is 6.17 Å². The SMILES string of the molecule is C[C@@H]1N=C(N)SC[C@H]1F. The highest BCUT2D eigenvalue weighted by molar-refractivity contribution is 8.13. The van der Waals surface area contributed by atoms with Crippen LogP contribution in [-0.2, 0) is 0 Å². The Labute approximate surface area is 57.7 Å². The van der Waals surface area contributed by atoms with E-state index in [0.29, 0.717) is 10.9 Å². The summed E-state index contributed by atoms with van der Waals surface area (Å²) in [5, 5.41) is 0.511. The van der Waals surface area contributed by atoms with E-state index in [1.807, 2.05) is 0 Å². The van der Waals surface area contributed by atoms with Gasteiger partial charge in [-0.2, -0.15) is 0 Å². The van der Waals surface area contributed by atoms with E-state index in [2.05, 4.69) is 4.99 Å². The van der Waals surface area contributed by atoms with Crippen molar-refractivity contribution in [3.8, 4) is 0 Å². The van der Waals surface area contributed by atoms with Crippen molar-refractivity contribution in [3.05, 3.63) is 0 Å². The van der Waals surface area contributed by atoms with E-state index >= 15 is 0 Å². The summed E-state index contributed by atoms with van der Waals surface area (Å²) in [5.41, 5.74) is 5.33. The molecule has 0 aromatic carbocycles. The minimum absolute atomic E-state index is 0.244. The monoisotopic (exact) mass is 148 g/mol. The number of nitrogens with two attached hydrogens (primary N) is 1. The van der Waals surface area contributed by atoms with Crippen LogP contribution in [0.1, 0.15) is 6.92 Å². The predicted octanol–water partition coefficient (Wildman–Crippen LogP) is 0.775. The first kappa shape index (κ1) is 6.86. The Balaban J connectivity index is 2.58. The van der Waals surface area contributed by atoms with Gasteiger partial charge in [-0.05, 0) is 6.92 Å². The fraction of sp³-hybridized carbons (Fsp3) is 0.800. The molecule has 0 fully saturated rings. The maximum Gasteiger partial charge on any atom is 0.154 e. The van der Waals surface area contributed by atoms with E-state index in [1.54, 1.807) is 6.92 Å². The van der Waals surface area contributed by atoms with Crippen molar-refractivity contribution in [2.45, 2.75) is 19.1 Å².